The molecule has 93 heavy (non-hydrogen) atoms. The van der Waals surface area contributed by atoms with E-state index in [1.54, 1.807) is 67.8 Å². The van der Waals surface area contributed by atoms with E-state index in [0.717, 1.165) is 56.8 Å². The predicted molar refractivity (Wildman–Crippen MR) is 372 cm³/mol. The van der Waals surface area contributed by atoms with Gasteiger partial charge in [-0.2, -0.15) is 0 Å². The lowest BCUT2D eigenvalue weighted by atomic mass is 9.97. The van der Waals surface area contributed by atoms with Crippen LogP contribution >= 0.6 is 0 Å². The molecule has 2 saturated heterocycles. The van der Waals surface area contributed by atoms with Crippen molar-refractivity contribution in [3.8, 4) is 5.75 Å². The molecule has 2 aliphatic rings. The Hall–Kier alpha value is -7.07. The van der Waals surface area contributed by atoms with E-state index in [4.69, 9.17) is 47.4 Å². The van der Waals surface area contributed by atoms with E-state index >= 15 is 0 Å². The first-order valence-electron chi connectivity index (χ1n) is 32.3. The Labute approximate surface area is 554 Å². The van der Waals surface area contributed by atoms with Crippen LogP contribution in [0.5, 0.6) is 5.75 Å². The van der Waals surface area contributed by atoms with Gasteiger partial charge in [0.1, 0.15) is 30.2 Å². The highest BCUT2D eigenvalue weighted by atomic mass is 28.3. The number of aryl methyl sites for hydroxylation is 4. The summed E-state index contributed by atoms with van der Waals surface area (Å²) in [6.07, 6.45) is 13.6. The summed E-state index contributed by atoms with van der Waals surface area (Å²) in [4.78, 5) is 52.6. The zero-order valence-corrected chi connectivity index (χ0v) is 59.4. The Morgan fingerprint density at radius 3 is 1.35 bits per heavy atom. The lowest BCUT2D eigenvalue weighted by Gasteiger charge is -2.24. The van der Waals surface area contributed by atoms with E-state index in [-0.39, 0.29) is 18.5 Å². The smallest absolute Gasteiger partial charge is 0.338 e. The van der Waals surface area contributed by atoms with Gasteiger partial charge in [0.2, 0.25) is 0 Å². The summed E-state index contributed by atoms with van der Waals surface area (Å²) in [5, 5.41) is 9.29. The van der Waals surface area contributed by atoms with Crippen molar-refractivity contribution in [1.29, 1.82) is 0 Å². The van der Waals surface area contributed by atoms with Crippen LogP contribution in [0.2, 0.25) is 51.4 Å². The molecule has 0 radical (unpaired) electrons. The summed E-state index contributed by atoms with van der Waals surface area (Å²) in [7, 11) is -1.04. The maximum absolute atomic E-state index is 13.3. The SMILES string of the molecule is COc1ccc(COCC/C=C\C(OC(=O)c2ccccc2)[C@H]2OC(C)(C)O[C@H]2C/C=C/c2cc(C)cc(C)c2C(=O)OCC[Si](C)(C)C)cc1.Cc1cc(C)c(C(=O)OCC[Si](C)(C)C)c(/C=C/C[C@@H]2OC(C)(C)O[C@@H]2C(/C=C\CCO)OC(=O)c2ccccc2)c1. The number of hydrogen-bond acceptors (Lipinski definition) is 15. The second kappa shape index (κ2) is 35.4. The zero-order chi connectivity index (χ0) is 67.9. The Bertz CT molecular complexity index is 3340. The first-order chi connectivity index (χ1) is 44.0. The number of aliphatic hydroxyl groups is 1. The molecule has 2 aliphatic heterocycles. The fourth-order valence-corrected chi connectivity index (χ4v) is 12.2. The molecule has 5 aromatic carbocycles. The van der Waals surface area contributed by atoms with Gasteiger partial charge in [0.05, 0.1) is 68.0 Å². The Morgan fingerprint density at radius 2 is 0.957 bits per heavy atom. The Balaban J connectivity index is 0.000000301. The number of rotatable bonds is 30. The van der Waals surface area contributed by atoms with E-state index < -0.39 is 76.3 Å². The number of methoxy groups -OCH3 is 1. The molecule has 502 valence electrons. The Morgan fingerprint density at radius 1 is 0.538 bits per heavy atom. The van der Waals surface area contributed by atoms with Gasteiger partial charge in [0.15, 0.2) is 11.6 Å². The van der Waals surface area contributed by atoms with E-state index in [2.05, 4.69) is 39.3 Å². The van der Waals surface area contributed by atoms with Gasteiger partial charge >= 0.3 is 23.9 Å². The van der Waals surface area contributed by atoms with Gasteiger partial charge in [-0.1, -0.05) is 160 Å². The number of ether oxygens (including phenoxy) is 10. The predicted octanol–water partition coefficient (Wildman–Crippen LogP) is 16.0. The molecule has 0 aliphatic carbocycles. The maximum atomic E-state index is 13.3. The minimum Gasteiger partial charge on any atom is -0.497 e. The minimum atomic E-state index is -1.35. The first kappa shape index (κ1) is 75.0. The molecule has 0 amide bonds. The zero-order valence-electron chi connectivity index (χ0n) is 57.4. The van der Waals surface area contributed by atoms with Crippen LogP contribution in [0.15, 0.2) is 146 Å². The quantitative estimate of drug-likeness (QED) is 0.0151. The van der Waals surface area contributed by atoms with Crippen molar-refractivity contribution in [3.05, 3.63) is 207 Å². The normalized spacial score (nSPS) is 18.5. The van der Waals surface area contributed by atoms with Crippen molar-refractivity contribution in [1.82, 2.24) is 0 Å². The molecule has 7 rings (SSSR count). The second-order valence-corrected chi connectivity index (χ2v) is 38.3. The van der Waals surface area contributed by atoms with Gasteiger partial charge in [-0.15, -0.1) is 0 Å². The van der Waals surface area contributed by atoms with Crippen LogP contribution in [-0.4, -0.2) is 127 Å². The molecule has 0 saturated carbocycles. The summed E-state index contributed by atoms with van der Waals surface area (Å²) in [5.74, 6) is -2.53. The highest BCUT2D eigenvalue weighted by molar-refractivity contribution is 6.76. The molecule has 0 aromatic heterocycles. The summed E-state index contributed by atoms with van der Waals surface area (Å²) in [6, 6.07) is 35.3. The molecule has 6 atom stereocenters. The second-order valence-electron chi connectivity index (χ2n) is 27.1. The number of aliphatic hydroxyl groups excluding tert-OH is 1. The van der Waals surface area contributed by atoms with Crippen LogP contribution in [-0.2, 0) is 49.2 Å². The van der Waals surface area contributed by atoms with Crippen molar-refractivity contribution >= 4 is 52.2 Å². The lowest BCUT2D eigenvalue weighted by Crippen LogP contribution is -2.37. The average Bonchev–Trinajstić information content (AvgIpc) is 1.90. The molecular formula is C76H100O15Si2. The number of carbonyl (C=O) groups excluding carboxylic acids is 4. The fraction of sp³-hybridized carbons (Fsp3) is 0.447. The standard InChI is InChI=1S/C42H54O8Si.C34H46O7Si/c1-30-27-31(2)38(41(44)47-25-26-51(6,7)8)34(28-30)17-14-19-37-39(50-42(3,4)49-37)36(48-40(43)33-15-10-9-11-16-33)18-12-13-24-46-29-32-20-22-35(45-5)23-21-32;1-24-22-25(2)30(33(37)38-20-21-42(5,6)7)27(23-24)16-13-18-29-31(41-34(3,4)40-29)28(17-11-12-19-35)39-32(36)26-14-9-8-10-15-26/h9-12,14-18,20-23,27-28,36-37,39H,13,19,24-26,29H2,1-8H3;8-11,13-17,22-23,28-29,31,35H,12,18-21H2,1-7H3/b17-14+,18-12-;16-13+,17-11-/t36?,37-,39+;28?,29-,31+/m00/s1. The average molecular weight is 1310 g/mol. The van der Waals surface area contributed by atoms with E-state index in [9.17, 15) is 24.3 Å². The van der Waals surface area contributed by atoms with E-state index in [0.29, 0.717) is 74.4 Å². The summed E-state index contributed by atoms with van der Waals surface area (Å²) in [5.41, 5.74) is 8.50. The molecule has 1 N–H and O–H groups in total. The highest BCUT2D eigenvalue weighted by Gasteiger charge is 2.47. The van der Waals surface area contributed by atoms with Gasteiger partial charge in [0, 0.05) is 22.8 Å². The number of esters is 4. The third-order valence-electron chi connectivity index (χ3n) is 15.3. The molecule has 2 fully saturated rings. The Kier molecular flexibility index (Phi) is 28.6. The highest BCUT2D eigenvalue weighted by Crippen LogP contribution is 2.36. The molecule has 5 aromatic rings. The molecule has 0 bridgehead atoms. The third-order valence-corrected chi connectivity index (χ3v) is 18.7. The van der Waals surface area contributed by atoms with E-state index in [1.807, 2.05) is 153 Å². The molecule has 15 nitrogen and oxygen atoms in total. The van der Waals surface area contributed by atoms with Crippen molar-refractivity contribution in [2.45, 2.75) is 187 Å². The lowest BCUT2D eigenvalue weighted by molar-refractivity contribution is -0.153. The van der Waals surface area contributed by atoms with Crippen molar-refractivity contribution < 1.29 is 71.7 Å². The largest absolute Gasteiger partial charge is 0.497 e. The molecule has 0 spiro atoms. The monoisotopic (exact) mass is 1310 g/mol. The van der Waals surface area contributed by atoms with Crippen LogP contribution in [0.3, 0.4) is 0 Å². The van der Waals surface area contributed by atoms with Crippen molar-refractivity contribution in [3.63, 3.8) is 0 Å². The van der Waals surface area contributed by atoms with Gasteiger partial charge < -0.3 is 52.5 Å². The number of carbonyl (C=O) groups is 4. The van der Waals surface area contributed by atoms with Crippen LogP contribution in [0, 0.1) is 27.7 Å². The van der Waals surface area contributed by atoms with Gasteiger partial charge in [-0.25, -0.2) is 19.2 Å². The molecule has 17 heteroatoms. The van der Waals surface area contributed by atoms with Crippen LogP contribution in [0.25, 0.3) is 12.2 Å². The maximum Gasteiger partial charge on any atom is 0.338 e. The van der Waals surface area contributed by atoms with Gasteiger partial charge in [-0.3, -0.25) is 0 Å². The number of hydrogen-bond donors (Lipinski definition) is 1. The van der Waals surface area contributed by atoms with Crippen LogP contribution in [0.4, 0.5) is 0 Å². The molecule has 2 unspecified atom stereocenters. The van der Waals surface area contributed by atoms with Crippen molar-refractivity contribution in [2.75, 3.05) is 33.5 Å². The number of benzene rings is 5. The molecular weight excluding hydrogens is 1210 g/mol. The minimum absolute atomic E-state index is 0.0195. The molecule has 2 heterocycles. The van der Waals surface area contributed by atoms with Crippen molar-refractivity contribution in [2.24, 2.45) is 0 Å². The summed E-state index contributed by atoms with van der Waals surface area (Å²) in [6.45, 7) is 30.6. The summed E-state index contributed by atoms with van der Waals surface area (Å²) >= 11 is 0. The third kappa shape index (κ3) is 25.0. The summed E-state index contributed by atoms with van der Waals surface area (Å²) < 4.78 is 59.8. The first-order valence-corrected chi connectivity index (χ1v) is 39.7. The van der Waals surface area contributed by atoms with E-state index in [1.165, 1.54) is 0 Å². The van der Waals surface area contributed by atoms with Crippen LogP contribution in [0.1, 0.15) is 134 Å². The van der Waals surface area contributed by atoms with Gasteiger partial charge in [0.25, 0.3) is 0 Å². The van der Waals surface area contributed by atoms with Gasteiger partial charge in [-0.05, 0) is 170 Å². The van der Waals surface area contributed by atoms with Crippen LogP contribution < -0.4 is 4.74 Å². The topological polar surface area (TPSA) is 181 Å². The fourth-order valence-electron chi connectivity index (χ4n) is 10.7.